The third kappa shape index (κ3) is 1.71. The summed E-state index contributed by atoms with van der Waals surface area (Å²) < 4.78 is 8.84. The summed E-state index contributed by atoms with van der Waals surface area (Å²) in [6.45, 7) is 5.80. The minimum atomic E-state index is 0.0286. The van der Waals surface area contributed by atoms with Crippen LogP contribution in [0.3, 0.4) is 0 Å². The summed E-state index contributed by atoms with van der Waals surface area (Å²) in [5, 5.41) is 7.68. The minimum absolute atomic E-state index is 0.0286. The molecule has 3 rings (SSSR count). The molecule has 3 heterocycles. The van der Waals surface area contributed by atoms with E-state index >= 15 is 0 Å². The first-order valence-electron chi connectivity index (χ1n) is 6.29. The van der Waals surface area contributed by atoms with Gasteiger partial charge < -0.3 is 10.1 Å². The van der Waals surface area contributed by atoms with Gasteiger partial charge in [0, 0.05) is 32.2 Å². The summed E-state index contributed by atoms with van der Waals surface area (Å²) in [7, 11) is 0. The van der Waals surface area contributed by atoms with E-state index in [9.17, 15) is 4.79 Å². The van der Waals surface area contributed by atoms with E-state index in [2.05, 4.69) is 10.4 Å². The van der Waals surface area contributed by atoms with Crippen molar-refractivity contribution in [3.8, 4) is 0 Å². The quantitative estimate of drug-likeness (QED) is 0.786. The molecular weight excluding hydrogens is 220 g/mol. The Labute approximate surface area is 99.6 Å². The van der Waals surface area contributed by atoms with Crippen molar-refractivity contribution in [1.82, 2.24) is 19.7 Å². The van der Waals surface area contributed by atoms with Crippen molar-refractivity contribution in [3.05, 3.63) is 16.3 Å². The van der Waals surface area contributed by atoms with E-state index in [1.165, 1.54) is 0 Å². The second-order valence-corrected chi connectivity index (χ2v) is 4.70. The van der Waals surface area contributed by atoms with Crippen LogP contribution in [0.1, 0.15) is 31.1 Å². The third-order valence-electron chi connectivity index (χ3n) is 3.62. The summed E-state index contributed by atoms with van der Waals surface area (Å²) in [5.74, 6) is 1.21. The number of nitrogens with one attached hydrogen (secondary N) is 1. The fourth-order valence-corrected chi connectivity index (χ4v) is 2.46. The van der Waals surface area contributed by atoms with Crippen molar-refractivity contribution >= 4 is 0 Å². The fourth-order valence-electron chi connectivity index (χ4n) is 2.46. The largest absolute Gasteiger partial charge is 0.381 e. The molecule has 6 nitrogen and oxygen atoms in total. The van der Waals surface area contributed by atoms with Crippen LogP contribution in [0, 0.1) is 0 Å². The van der Waals surface area contributed by atoms with Crippen molar-refractivity contribution in [1.29, 1.82) is 0 Å². The molecule has 1 aromatic heterocycles. The first-order chi connectivity index (χ1) is 8.31. The Kier molecular flexibility index (Phi) is 2.76. The van der Waals surface area contributed by atoms with Crippen LogP contribution in [0.5, 0.6) is 0 Å². The van der Waals surface area contributed by atoms with Crippen LogP contribution >= 0.6 is 0 Å². The van der Waals surface area contributed by atoms with Crippen molar-refractivity contribution < 1.29 is 4.74 Å². The van der Waals surface area contributed by atoms with Crippen LogP contribution in [0.15, 0.2) is 4.79 Å². The predicted octanol–water partition coefficient (Wildman–Crippen LogP) is -0.287. The van der Waals surface area contributed by atoms with Crippen molar-refractivity contribution in [3.63, 3.8) is 0 Å². The van der Waals surface area contributed by atoms with Gasteiger partial charge in [0.25, 0.3) is 0 Å². The van der Waals surface area contributed by atoms with Crippen LogP contribution in [0.25, 0.3) is 0 Å². The Morgan fingerprint density at radius 2 is 2.35 bits per heavy atom. The number of ether oxygens (including phenoxy) is 1. The van der Waals surface area contributed by atoms with Crippen molar-refractivity contribution in [2.45, 2.75) is 31.8 Å². The molecule has 1 N–H and O–H groups in total. The first kappa shape index (κ1) is 11.0. The molecule has 6 heteroatoms. The number of hydrogen-bond donors (Lipinski definition) is 1. The smallest absolute Gasteiger partial charge is 0.346 e. The Hall–Kier alpha value is -1.14. The maximum absolute atomic E-state index is 12.2. The lowest BCUT2D eigenvalue weighted by Crippen LogP contribution is -2.47. The lowest BCUT2D eigenvalue weighted by molar-refractivity contribution is 0.191. The van der Waals surface area contributed by atoms with E-state index in [4.69, 9.17) is 4.74 Å². The zero-order valence-electron chi connectivity index (χ0n) is 10.1. The Morgan fingerprint density at radius 3 is 2.88 bits per heavy atom. The van der Waals surface area contributed by atoms with Crippen LogP contribution in [-0.2, 0) is 11.3 Å². The molecule has 0 unspecified atom stereocenters. The number of aryl methyl sites for hydroxylation is 1. The highest BCUT2D eigenvalue weighted by Gasteiger charge is 2.31. The van der Waals surface area contributed by atoms with E-state index in [1.807, 2.05) is 11.5 Å². The average molecular weight is 238 g/mol. The Bertz CT molecular complexity index is 455. The molecule has 2 aliphatic heterocycles. The van der Waals surface area contributed by atoms with Gasteiger partial charge in [0.15, 0.2) is 0 Å². The molecular formula is C11H18N4O2. The third-order valence-corrected chi connectivity index (χ3v) is 3.62. The zero-order chi connectivity index (χ0) is 11.8. The van der Waals surface area contributed by atoms with Gasteiger partial charge in [-0.05, 0) is 13.3 Å². The van der Waals surface area contributed by atoms with Crippen LogP contribution in [0.2, 0.25) is 0 Å². The summed E-state index contributed by atoms with van der Waals surface area (Å²) in [4.78, 5) is 12.2. The van der Waals surface area contributed by atoms with Crippen LogP contribution < -0.4 is 11.0 Å². The molecule has 94 valence electrons. The molecule has 0 radical (unpaired) electrons. The highest BCUT2D eigenvalue weighted by molar-refractivity contribution is 5.03. The number of rotatable bonds is 3. The summed E-state index contributed by atoms with van der Waals surface area (Å²) >= 11 is 0. The summed E-state index contributed by atoms with van der Waals surface area (Å²) in [5.41, 5.74) is 0.0286. The maximum Gasteiger partial charge on any atom is 0.346 e. The minimum Gasteiger partial charge on any atom is -0.381 e. The number of aromatic nitrogens is 3. The molecule has 1 atom stereocenters. The molecule has 17 heavy (non-hydrogen) atoms. The van der Waals surface area contributed by atoms with Crippen LogP contribution in [-0.4, -0.2) is 40.7 Å². The molecule has 0 saturated carbocycles. The highest BCUT2D eigenvalue weighted by atomic mass is 16.5. The van der Waals surface area contributed by atoms with Gasteiger partial charge in [-0.3, -0.25) is 4.57 Å². The monoisotopic (exact) mass is 238 g/mol. The lowest BCUT2D eigenvalue weighted by atomic mass is 10.1. The van der Waals surface area contributed by atoms with Crippen LogP contribution in [0.4, 0.5) is 0 Å². The molecule has 0 aromatic carbocycles. The molecule has 2 aliphatic rings. The zero-order valence-corrected chi connectivity index (χ0v) is 10.1. The van der Waals surface area contributed by atoms with Crippen molar-refractivity contribution in [2.75, 3.05) is 26.3 Å². The van der Waals surface area contributed by atoms with E-state index in [1.54, 1.807) is 4.68 Å². The SMILES string of the molecule is CCn1nc([C@@H]2CCOC2)n(C2CNC2)c1=O. The average Bonchev–Trinajstić information content (AvgIpc) is 2.86. The molecule has 2 fully saturated rings. The van der Waals surface area contributed by atoms with E-state index < -0.39 is 0 Å². The van der Waals surface area contributed by atoms with Gasteiger partial charge in [-0.15, -0.1) is 0 Å². The van der Waals surface area contributed by atoms with Gasteiger partial charge >= 0.3 is 5.69 Å². The maximum atomic E-state index is 12.2. The molecule has 0 bridgehead atoms. The molecule has 2 saturated heterocycles. The standard InChI is InChI=1S/C11H18N4O2/c1-2-14-11(16)15(9-5-12-6-9)10(13-14)8-3-4-17-7-8/h8-9,12H,2-7H2,1H3/t8-/m1/s1. The highest BCUT2D eigenvalue weighted by Crippen LogP contribution is 2.25. The normalized spacial score (nSPS) is 25.1. The fraction of sp³-hybridized carbons (Fsp3) is 0.818. The molecule has 0 amide bonds. The predicted molar refractivity (Wildman–Crippen MR) is 62.2 cm³/mol. The molecule has 0 aliphatic carbocycles. The lowest BCUT2D eigenvalue weighted by Gasteiger charge is -2.29. The molecule has 1 aromatic rings. The van der Waals surface area contributed by atoms with Gasteiger partial charge in [-0.1, -0.05) is 0 Å². The summed E-state index contributed by atoms with van der Waals surface area (Å²) in [6.07, 6.45) is 0.973. The summed E-state index contributed by atoms with van der Waals surface area (Å²) in [6, 6.07) is 0.276. The van der Waals surface area contributed by atoms with E-state index in [-0.39, 0.29) is 17.6 Å². The second kappa shape index (κ2) is 4.27. The topological polar surface area (TPSA) is 61.1 Å². The Morgan fingerprint density at radius 1 is 1.53 bits per heavy atom. The van der Waals surface area contributed by atoms with Gasteiger partial charge in [-0.25, -0.2) is 9.48 Å². The van der Waals surface area contributed by atoms with Gasteiger partial charge in [-0.2, -0.15) is 5.10 Å². The van der Waals surface area contributed by atoms with Gasteiger partial charge in [0.2, 0.25) is 0 Å². The van der Waals surface area contributed by atoms with Gasteiger partial charge in [0.05, 0.1) is 12.6 Å². The first-order valence-corrected chi connectivity index (χ1v) is 6.29. The Balaban J connectivity index is 2.02. The number of hydrogen-bond acceptors (Lipinski definition) is 4. The van der Waals surface area contributed by atoms with E-state index in [0.29, 0.717) is 13.2 Å². The number of nitrogens with zero attached hydrogens (tertiary/aromatic N) is 3. The van der Waals surface area contributed by atoms with Crippen molar-refractivity contribution in [2.24, 2.45) is 0 Å². The van der Waals surface area contributed by atoms with E-state index in [0.717, 1.165) is 31.9 Å². The van der Waals surface area contributed by atoms with Gasteiger partial charge in [0.1, 0.15) is 5.82 Å². The second-order valence-electron chi connectivity index (χ2n) is 4.70. The molecule has 0 spiro atoms.